The predicted octanol–water partition coefficient (Wildman–Crippen LogP) is -1.27. The van der Waals surface area contributed by atoms with Gasteiger partial charge in [0.2, 0.25) is 11.8 Å². The van der Waals surface area contributed by atoms with Crippen LogP contribution in [-0.2, 0) is 9.59 Å². The second-order valence-electron chi connectivity index (χ2n) is 3.92. The van der Waals surface area contributed by atoms with E-state index in [-0.39, 0.29) is 31.5 Å². The van der Waals surface area contributed by atoms with Crippen molar-refractivity contribution in [1.29, 1.82) is 0 Å². The van der Waals surface area contributed by atoms with Crippen LogP contribution in [-0.4, -0.2) is 42.2 Å². The highest BCUT2D eigenvalue weighted by molar-refractivity contribution is 5.85. The van der Waals surface area contributed by atoms with E-state index in [4.69, 9.17) is 10.8 Å². The molecule has 0 fully saturated rings. The molecule has 0 aliphatic heterocycles. The Hall–Kier alpha value is -1.14. The molecule has 0 aromatic heterocycles. The van der Waals surface area contributed by atoms with Gasteiger partial charge >= 0.3 is 0 Å². The van der Waals surface area contributed by atoms with Crippen molar-refractivity contribution in [1.82, 2.24) is 10.6 Å². The van der Waals surface area contributed by atoms with Gasteiger partial charge in [0.1, 0.15) is 0 Å². The molecule has 0 saturated carbocycles. The molecule has 5 N–H and O–H groups in total. The van der Waals surface area contributed by atoms with E-state index in [9.17, 15) is 9.59 Å². The highest BCUT2D eigenvalue weighted by atomic mass is 16.3. The van der Waals surface area contributed by atoms with Gasteiger partial charge in [-0.25, -0.2) is 0 Å². The first-order chi connectivity index (χ1) is 7.47. The Morgan fingerprint density at radius 1 is 1.38 bits per heavy atom. The molecule has 0 bridgehead atoms. The van der Waals surface area contributed by atoms with Crippen molar-refractivity contribution in [2.75, 3.05) is 19.7 Å². The molecular weight excluding hydrogens is 210 g/mol. The van der Waals surface area contributed by atoms with E-state index in [0.29, 0.717) is 12.8 Å². The highest BCUT2D eigenvalue weighted by Crippen LogP contribution is 2.13. The number of hydrogen-bond acceptors (Lipinski definition) is 4. The minimum atomic E-state index is -0.431. The van der Waals surface area contributed by atoms with Crippen LogP contribution in [0.4, 0.5) is 0 Å². The maximum absolute atomic E-state index is 11.5. The van der Waals surface area contributed by atoms with Crippen LogP contribution in [0.5, 0.6) is 0 Å². The number of aliphatic hydroxyl groups is 1. The molecule has 2 amide bonds. The largest absolute Gasteiger partial charge is 0.396 e. The monoisotopic (exact) mass is 231 g/mol. The van der Waals surface area contributed by atoms with Gasteiger partial charge in [-0.1, -0.05) is 6.92 Å². The zero-order chi connectivity index (χ0) is 12.6. The number of rotatable bonds is 7. The zero-order valence-electron chi connectivity index (χ0n) is 9.88. The third-order valence-corrected chi connectivity index (χ3v) is 2.52. The van der Waals surface area contributed by atoms with E-state index >= 15 is 0 Å². The summed E-state index contributed by atoms with van der Waals surface area (Å²) < 4.78 is 0. The van der Waals surface area contributed by atoms with Crippen molar-refractivity contribution in [2.24, 2.45) is 5.73 Å². The van der Waals surface area contributed by atoms with Crippen LogP contribution in [0.25, 0.3) is 0 Å². The summed E-state index contributed by atoms with van der Waals surface area (Å²) in [5.41, 5.74) is 4.65. The first-order valence-corrected chi connectivity index (χ1v) is 5.36. The van der Waals surface area contributed by atoms with Crippen molar-refractivity contribution in [3.63, 3.8) is 0 Å². The molecule has 6 nitrogen and oxygen atoms in total. The van der Waals surface area contributed by atoms with E-state index in [1.165, 1.54) is 0 Å². The summed E-state index contributed by atoms with van der Waals surface area (Å²) in [6.07, 6.45) is 1.20. The van der Waals surface area contributed by atoms with Crippen molar-refractivity contribution in [3.05, 3.63) is 0 Å². The van der Waals surface area contributed by atoms with Gasteiger partial charge in [-0.3, -0.25) is 9.59 Å². The molecule has 0 aliphatic rings. The molecule has 1 atom stereocenters. The van der Waals surface area contributed by atoms with Crippen LogP contribution in [0.1, 0.15) is 26.7 Å². The Bertz CT molecular complexity index is 245. The minimum Gasteiger partial charge on any atom is -0.396 e. The van der Waals surface area contributed by atoms with E-state index in [2.05, 4.69) is 10.6 Å². The van der Waals surface area contributed by atoms with Crippen molar-refractivity contribution >= 4 is 11.8 Å². The van der Waals surface area contributed by atoms with Gasteiger partial charge < -0.3 is 21.5 Å². The first kappa shape index (κ1) is 14.9. The van der Waals surface area contributed by atoms with Gasteiger partial charge in [0.25, 0.3) is 0 Å². The van der Waals surface area contributed by atoms with E-state index in [1.54, 1.807) is 0 Å². The maximum Gasteiger partial charge on any atom is 0.239 e. The SMILES string of the molecule is CCC(C)(CCO)NC(=O)CNC(=O)CN. The number of nitrogens with two attached hydrogens (primary N) is 1. The normalized spacial score (nSPS) is 14.0. The maximum atomic E-state index is 11.5. The fourth-order valence-corrected chi connectivity index (χ4v) is 1.21. The van der Waals surface area contributed by atoms with Gasteiger partial charge in [-0.15, -0.1) is 0 Å². The second-order valence-corrected chi connectivity index (χ2v) is 3.92. The van der Waals surface area contributed by atoms with Gasteiger partial charge in [0.05, 0.1) is 13.1 Å². The fraction of sp³-hybridized carbons (Fsp3) is 0.800. The Morgan fingerprint density at radius 3 is 2.44 bits per heavy atom. The molecule has 0 aromatic rings. The molecule has 0 saturated heterocycles. The number of carbonyl (C=O) groups excluding carboxylic acids is 2. The van der Waals surface area contributed by atoms with Crippen LogP contribution in [0.2, 0.25) is 0 Å². The van der Waals surface area contributed by atoms with Gasteiger partial charge in [-0.05, 0) is 19.8 Å². The summed E-state index contributed by atoms with van der Waals surface area (Å²) in [6, 6.07) is 0. The molecule has 6 heteroatoms. The van der Waals surface area contributed by atoms with Crippen LogP contribution in [0.3, 0.4) is 0 Å². The summed E-state index contributed by atoms with van der Waals surface area (Å²) >= 11 is 0. The van der Waals surface area contributed by atoms with Crippen LogP contribution in [0.15, 0.2) is 0 Å². The molecule has 0 aromatic carbocycles. The quantitative estimate of drug-likeness (QED) is 0.438. The molecule has 1 unspecified atom stereocenters. The smallest absolute Gasteiger partial charge is 0.239 e. The topological polar surface area (TPSA) is 104 Å². The van der Waals surface area contributed by atoms with E-state index in [1.807, 2.05) is 13.8 Å². The highest BCUT2D eigenvalue weighted by Gasteiger charge is 2.23. The molecule has 94 valence electrons. The molecule has 0 rings (SSSR count). The third kappa shape index (κ3) is 5.67. The predicted molar refractivity (Wildman–Crippen MR) is 60.6 cm³/mol. The van der Waals surface area contributed by atoms with Crippen LogP contribution in [0, 0.1) is 0 Å². The number of nitrogens with one attached hydrogen (secondary N) is 2. The Kier molecular flexibility index (Phi) is 6.67. The lowest BCUT2D eigenvalue weighted by Gasteiger charge is -2.29. The molecule has 0 heterocycles. The number of amides is 2. The van der Waals surface area contributed by atoms with Gasteiger partial charge in [0.15, 0.2) is 0 Å². The van der Waals surface area contributed by atoms with Crippen LogP contribution >= 0.6 is 0 Å². The lowest BCUT2D eigenvalue weighted by atomic mass is 9.95. The molecule has 0 aliphatic carbocycles. The first-order valence-electron chi connectivity index (χ1n) is 5.36. The average molecular weight is 231 g/mol. The van der Waals surface area contributed by atoms with Crippen molar-refractivity contribution < 1.29 is 14.7 Å². The van der Waals surface area contributed by atoms with Gasteiger partial charge in [-0.2, -0.15) is 0 Å². The molecule has 0 spiro atoms. The summed E-state index contributed by atoms with van der Waals surface area (Å²) in [5, 5.41) is 14.0. The summed E-state index contributed by atoms with van der Waals surface area (Å²) in [4.78, 5) is 22.3. The van der Waals surface area contributed by atoms with Crippen molar-refractivity contribution in [2.45, 2.75) is 32.2 Å². The molecule has 0 radical (unpaired) electrons. The Balaban J connectivity index is 4.06. The van der Waals surface area contributed by atoms with E-state index in [0.717, 1.165) is 0 Å². The number of aliphatic hydroxyl groups excluding tert-OH is 1. The summed E-state index contributed by atoms with van der Waals surface area (Å²) in [5.74, 6) is -0.643. The number of carbonyl (C=O) groups is 2. The van der Waals surface area contributed by atoms with Crippen LogP contribution < -0.4 is 16.4 Å². The van der Waals surface area contributed by atoms with Crippen molar-refractivity contribution in [3.8, 4) is 0 Å². The van der Waals surface area contributed by atoms with E-state index < -0.39 is 5.54 Å². The Labute approximate surface area is 95.6 Å². The third-order valence-electron chi connectivity index (χ3n) is 2.52. The van der Waals surface area contributed by atoms with Gasteiger partial charge in [0, 0.05) is 12.1 Å². The molecule has 16 heavy (non-hydrogen) atoms. The Morgan fingerprint density at radius 2 is 2.00 bits per heavy atom. The summed E-state index contributed by atoms with van der Waals surface area (Å²) in [7, 11) is 0. The fourth-order valence-electron chi connectivity index (χ4n) is 1.21. The lowest BCUT2D eigenvalue weighted by molar-refractivity contribution is -0.126. The second kappa shape index (κ2) is 7.19. The standard InChI is InChI=1S/C10H21N3O3/c1-3-10(2,4-5-14)13-9(16)7-12-8(15)6-11/h14H,3-7,11H2,1-2H3,(H,12,15)(H,13,16). The summed E-state index contributed by atoms with van der Waals surface area (Å²) in [6.45, 7) is 3.58. The zero-order valence-corrected chi connectivity index (χ0v) is 9.88. The average Bonchev–Trinajstić information content (AvgIpc) is 2.26. The lowest BCUT2D eigenvalue weighted by Crippen LogP contribution is -2.50. The minimum absolute atomic E-state index is 0.0137. The number of hydrogen-bond donors (Lipinski definition) is 4. The molecular formula is C10H21N3O3.